The molecule has 2 amide bonds. The van der Waals surface area contributed by atoms with Gasteiger partial charge < -0.3 is 15.2 Å². The third kappa shape index (κ3) is 4.78. The number of amides is 2. The number of nitrogens with zero attached hydrogens (tertiary/aromatic N) is 3. The van der Waals surface area contributed by atoms with E-state index in [1.54, 1.807) is 12.1 Å². The van der Waals surface area contributed by atoms with E-state index in [0.717, 1.165) is 16.8 Å². The molecule has 7 nitrogen and oxygen atoms in total. The van der Waals surface area contributed by atoms with E-state index in [1.165, 1.54) is 12.1 Å². The summed E-state index contributed by atoms with van der Waals surface area (Å²) >= 11 is 0. The van der Waals surface area contributed by atoms with Crippen LogP contribution in [0.2, 0.25) is 0 Å². The summed E-state index contributed by atoms with van der Waals surface area (Å²) in [7, 11) is 0. The van der Waals surface area contributed by atoms with E-state index in [4.69, 9.17) is 0 Å². The molecular formula is C23H28FN5O2. The molecule has 0 aliphatic carbocycles. The van der Waals surface area contributed by atoms with E-state index in [-0.39, 0.29) is 36.1 Å². The second kappa shape index (κ2) is 9.31. The van der Waals surface area contributed by atoms with Gasteiger partial charge in [0.05, 0.1) is 18.2 Å². The fraction of sp³-hybridized carbons (Fsp3) is 0.435. The van der Waals surface area contributed by atoms with E-state index in [9.17, 15) is 19.2 Å². The molecule has 1 unspecified atom stereocenters. The van der Waals surface area contributed by atoms with Crippen molar-refractivity contribution >= 4 is 17.6 Å². The Bertz CT molecular complexity index is 1020. The second-order valence-corrected chi connectivity index (χ2v) is 8.26. The van der Waals surface area contributed by atoms with Crippen LogP contribution in [0.25, 0.3) is 0 Å². The minimum atomic E-state index is -0.371. The van der Waals surface area contributed by atoms with Gasteiger partial charge in [-0.1, -0.05) is 26.0 Å². The average Bonchev–Trinajstić information content (AvgIpc) is 2.93. The first-order valence-electron chi connectivity index (χ1n) is 10.4. The molecule has 1 fully saturated rings. The molecule has 0 spiro atoms. The van der Waals surface area contributed by atoms with Gasteiger partial charge in [0.15, 0.2) is 0 Å². The summed E-state index contributed by atoms with van der Waals surface area (Å²) in [4.78, 5) is 27.1. The maximum atomic E-state index is 13.3. The fourth-order valence-corrected chi connectivity index (χ4v) is 4.09. The molecule has 0 radical (unpaired) electrons. The number of hydrogen-bond acceptors (Lipinski definition) is 4. The Labute approximate surface area is 181 Å². The van der Waals surface area contributed by atoms with Crippen molar-refractivity contribution in [1.29, 1.82) is 5.26 Å². The minimum Gasteiger partial charge on any atom is -0.353 e. The van der Waals surface area contributed by atoms with Gasteiger partial charge in [0, 0.05) is 25.3 Å². The van der Waals surface area contributed by atoms with Crippen LogP contribution in [-0.4, -0.2) is 47.0 Å². The number of nitrogens with one attached hydrogen (secondary N) is 2. The monoisotopic (exact) mass is 425 g/mol. The highest BCUT2D eigenvalue weighted by atomic mass is 19.1. The minimum absolute atomic E-state index is 0.0565. The lowest BCUT2D eigenvalue weighted by Crippen LogP contribution is -2.58. The van der Waals surface area contributed by atoms with Crippen LogP contribution in [0, 0.1) is 36.9 Å². The van der Waals surface area contributed by atoms with Crippen LogP contribution in [0.1, 0.15) is 36.2 Å². The largest absolute Gasteiger partial charge is 0.353 e. The molecule has 0 saturated carbocycles. The van der Waals surface area contributed by atoms with E-state index in [2.05, 4.69) is 16.7 Å². The Hall–Kier alpha value is -3.18. The van der Waals surface area contributed by atoms with Gasteiger partial charge in [-0.05, 0) is 43.0 Å². The molecule has 31 heavy (non-hydrogen) atoms. The smallest absolute Gasteiger partial charge is 0.239 e. The summed E-state index contributed by atoms with van der Waals surface area (Å²) in [6.45, 7) is 9.17. The lowest BCUT2D eigenvalue weighted by atomic mass is 10.00. The number of aromatic nitrogens is 1. The van der Waals surface area contributed by atoms with E-state index in [0.29, 0.717) is 31.0 Å². The Kier molecular flexibility index (Phi) is 6.76. The third-order valence-electron chi connectivity index (χ3n) is 5.79. The lowest BCUT2D eigenvalue weighted by Gasteiger charge is -2.36. The summed E-state index contributed by atoms with van der Waals surface area (Å²) in [6, 6.07) is 7.96. The number of halogens is 1. The van der Waals surface area contributed by atoms with Gasteiger partial charge in [0.25, 0.3) is 0 Å². The van der Waals surface area contributed by atoms with Crippen molar-refractivity contribution in [3.05, 3.63) is 52.5 Å². The summed E-state index contributed by atoms with van der Waals surface area (Å²) in [5.41, 5.74) is 2.91. The van der Waals surface area contributed by atoms with Gasteiger partial charge in [-0.2, -0.15) is 5.26 Å². The summed E-state index contributed by atoms with van der Waals surface area (Å²) in [5.74, 6) is -0.183. The van der Waals surface area contributed by atoms with E-state index >= 15 is 0 Å². The van der Waals surface area contributed by atoms with Gasteiger partial charge in [0.2, 0.25) is 11.8 Å². The quantitative estimate of drug-likeness (QED) is 0.744. The molecule has 0 bridgehead atoms. The molecule has 1 aliphatic rings. The van der Waals surface area contributed by atoms with Gasteiger partial charge in [-0.3, -0.25) is 14.5 Å². The van der Waals surface area contributed by atoms with Crippen molar-refractivity contribution in [3.63, 3.8) is 0 Å². The van der Waals surface area contributed by atoms with Crippen LogP contribution in [0.4, 0.5) is 10.2 Å². The van der Waals surface area contributed by atoms with Crippen LogP contribution in [-0.2, 0) is 16.1 Å². The lowest BCUT2D eigenvalue weighted by molar-refractivity contribution is -0.132. The third-order valence-corrected chi connectivity index (χ3v) is 5.79. The first-order valence-corrected chi connectivity index (χ1v) is 10.4. The topological polar surface area (TPSA) is 90.2 Å². The Morgan fingerprint density at radius 1 is 1.32 bits per heavy atom. The van der Waals surface area contributed by atoms with Crippen LogP contribution in [0.3, 0.4) is 0 Å². The van der Waals surface area contributed by atoms with Crippen LogP contribution in [0.15, 0.2) is 24.3 Å². The summed E-state index contributed by atoms with van der Waals surface area (Å²) in [5, 5.41) is 15.4. The van der Waals surface area contributed by atoms with Crippen LogP contribution in [0.5, 0.6) is 0 Å². The van der Waals surface area contributed by atoms with Crippen molar-refractivity contribution in [3.8, 4) is 6.07 Å². The number of piperazine rings is 1. The number of hydrogen-bond donors (Lipinski definition) is 2. The van der Waals surface area contributed by atoms with E-state index < -0.39 is 0 Å². The Morgan fingerprint density at radius 2 is 2.00 bits per heavy atom. The number of anilines is 1. The zero-order valence-corrected chi connectivity index (χ0v) is 18.3. The maximum absolute atomic E-state index is 13.3. The molecule has 164 valence electrons. The van der Waals surface area contributed by atoms with Crippen molar-refractivity contribution in [2.75, 3.05) is 25.0 Å². The second-order valence-electron chi connectivity index (χ2n) is 8.26. The molecule has 1 saturated heterocycles. The zero-order valence-electron chi connectivity index (χ0n) is 18.3. The number of nitriles is 1. The molecule has 1 aliphatic heterocycles. The summed E-state index contributed by atoms with van der Waals surface area (Å²) < 4.78 is 15.1. The molecule has 1 aromatic heterocycles. The molecule has 8 heteroatoms. The standard InChI is InChI=1S/C23H28FN5O2/c1-14(2)21-23(31)26-9-10-28(21)13-20(30)27-22-19(11-25)15(3)16(4)29(22)12-17-5-7-18(24)8-6-17/h5-8,14,21H,9-10,12-13H2,1-4H3,(H,26,31)(H,27,30). The fourth-order valence-electron chi connectivity index (χ4n) is 4.09. The number of rotatable bonds is 6. The molecule has 2 aromatic rings. The van der Waals surface area contributed by atoms with Gasteiger partial charge in [0.1, 0.15) is 17.7 Å². The highest BCUT2D eigenvalue weighted by Crippen LogP contribution is 2.27. The van der Waals surface area contributed by atoms with E-state index in [1.807, 2.05) is 37.2 Å². The Balaban J connectivity index is 1.85. The van der Waals surface area contributed by atoms with Crippen molar-refractivity contribution < 1.29 is 14.0 Å². The van der Waals surface area contributed by atoms with Crippen LogP contribution >= 0.6 is 0 Å². The highest BCUT2D eigenvalue weighted by molar-refractivity contribution is 5.94. The molecule has 2 N–H and O–H groups in total. The predicted molar refractivity (Wildman–Crippen MR) is 116 cm³/mol. The average molecular weight is 426 g/mol. The van der Waals surface area contributed by atoms with Gasteiger partial charge in [-0.25, -0.2) is 4.39 Å². The molecule has 3 rings (SSSR count). The first kappa shape index (κ1) is 22.5. The molecule has 1 atom stereocenters. The van der Waals surface area contributed by atoms with Gasteiger partial charge in [-0.15, -0.1) is 0 Å². The Morgan fingerprint density at radius 3 is 2.61 bits per heavy atom. The van der Waals surface area contributed by atoms with Gasteiger partial charge >= 0.3 is 0 Å². The zero-order chi connectivity index (χ0) is 22.7. The number of carbonyl (C=O) groups is 2. The van der Waals surface area contributed by atoms with Crippen LogP contribution < -0.4 is 10.6 Å². The van der Waals surface area contributed by atoms with Crippen molar-refractivity contribution in [2.24, 2.45) is 5.92 Å². The first-order chi connectivity index (χ1) is 14.7. The molecular weight excluding hydrogens is 397 g/mol. The SMILES string of the molecule is Cc1c(C#N)c(NC(=O)CN2CCNC(=O)C2C(C)C)n(Cc2ccc(F)cc2)c1C. The molecule has 2 heterocycles. The van der Waals surface area contributed by atoms with Crippen molar-refractivity contribution in [1.82, 2.24) is 14.8 Å². The summed E-state index contributed by atoms with van der Waals surface area (Å²) in [6.07, 6.45) is 0. The number of benzene rings is 1. The highest BCUT2D eigenvalue weighted by Gasteiger charge is 2.33. The number of carbonyl (C=O) groups excluding carboxylic acids is 2. The normalized spacial score (nSPS) is 16.8. The maximum Gasteiger partial charge on any atom is 0.239 e. The molecule has 1 aromatic carbocycles. The van der Waals surface area contributed by atoms with Crippen molar-refractivity contribution in [2.45, 2.75) is 40.3 Å². The predicted octanol–water partition coefficient (Wildman–Crippen LogP) is 2.56.